The van der Waals surface area contributed by atoms with Crippen LogP contribution in [0.5, 0.6) is 11.5 Å². The number of rotatable bonds is 6. The smallest absolute Gasteiger partial charge is 0.162 e. The molecule has 4 nitrogen and oxygen atoms in total. The van der Waals surface area contributed by atoms with Gasteiger partial charge in [0.2, 0.25) is 0 Å². The molecule has 0 bridgehead atoms. The van der Waals surface area contributed by atoms with Gasteiger partial charge in [-0.15, -0.1) is 0 Å². The van der Waals surface area contributed by atoms with Crippen molar-refractivity contribution in [2.45, 2.75) is 18.9 Å². The van der Waals surface area contributed by atoms with Gasteiger partial charge in [-0.05, 0) is 36.5 Å². The first-order valence-corrected chi connectivity index (χ1v) is 6.83. The van der Waals surface area contributed by atoms with Crippen molar-refractivity contribution in [1.29, 1.82) is 0 Å². The minimum atomic E-state index is -0.703. The van der Waals surface area contributed by atoms with Crippen LogP contribution in [0.3, 0.4) is 0 Å². The van der Waals surface area contributed by atoms with Gasteiger partial charge in [-0.1, -0.05) is 15.9 Å². The van der Waals surface area contributed by atoms with Crippen LogP contribution >= 0.6 is 15.9 Å². The summed E-state index contributed by atoms with van der Waals surface area (Å²) in [6.45, 7) is 0.894. The van der Waals surface area contributed by atoms with Gasteiger partial charge in [-0.3, -0.25) is 0 Å². The van der Waals surface area contributed by atoms with Crippen LogP contribution in [0.4, 0.5) is 0 Å². The second-order valence-corrected chi connectivity index (χ2v) is 5.38. The van der Waals surface area contributed by atoms with E-state index in [0.29, 0.717) is 23.0 Å². The van der Waals surface area contributed by atoms with Gasteiger partial charge in [-0.25, -0.2) is 0 Å². The first-order chi connectivity index (χ1) is 8.65. The van der Waals surface area contributed by atoms with E-state index in [1.807, 2.05) is 6.07 Å². The summed E-state index contributed by atoms with van der Waals surface area (Å²) in [4.78, 5) is 0. The first kappa shape index (κ1) is 13.6. The predicted octanol–water partition coefficient (Wildman–Crippen LogP) is 2.24. The minimum absolute atomic E-state index is 0.171. The summed E-state index contributed by atoms with van der Waals surface area (Å²) >= 11 is 3.42. The first-order valence-electron chi connectivity index (χ1n) is 6.04. The van der Waals surface area contributed by atoms with Gasteiger partial charge >= 0.3 is 0 Å². The van der Waals surface area contributed by atoms with Gasteiger partial charge in [0, 0.05) is 11.0 Å². The number of methoxy groups -OCH3 is 1. The topological polar surface area (TPSA) is 64.7 Å². The zero-order valence-corrected chi connectivity index (χ0v) is 11.9. The number of hydrogen-bond acceptors (Lipinski definition) is 4. The number of aliphatic hydroxyl groups excluding tert-OH is 1. The molecular weight excluding hydrogens is 298 g/mol. The van der Waals surface area contributed by atoms with Crippen molar-refractivity contribution in [2.75, 3.05) is 20.3 Å². The van der Waals surface area contributed by atoms with Gasteiger partial charge < -0.3 is 20.3 Å². The summed E-state index contributed by atoms with van der Waals surface area (Å²) in [5.41, 5.74) is 6.18. The average molecular weight is 316 g/mol. The molecule has 1 unspecified atom stereocenters. The Bertz CT molecular complexity index is 421. The van der Waals surface area contributed by atoms with E-state index in [1.54, 1.807) is 13.2 Å². The van der Waals surface area contributed by atoms with Crippen LogP contribution in [0.25, 0.3) is 0 Å². The fourth-order valence-corrected chi connectivity index (χ4v) is 2.28. The van der Waals surface area contributed by atoms with E-state index in [9.17, 15) is 5.11 Å². The maximum absolute atomic E-state index is 9.80. The highest BCUT2D eigenvalue weighted by atomic mass is 79.9. The van der Waals surface area contributed by atoms with E-state index in [2.05, 4.69) is 15.9 Å². The third-order valence-electron chi connectivity index (χ3n) is 3.04. The van der Waals surface area contributed by atoms with Gasteiger partial charge in [0.05, 0.1) is 19.8 Å². The van der Waals surface area contributed by atoms with E-state index in [4.69, 9.17) is 15.2 Å². The van der Waals surface area contributed by atoms with Crippen molar-refractivity contribution in [3.05, 3.63) is 22.2 Å². The van der Waals surface area contributed by atoms with Gasteiger partial charge in [0.25, 0.3) is 0 Å². The number of benzene rings is 1. The van der Waals surface area contributed by atoms with Crippen LogP contribution in [-0.2, 0) is 0 Å². The molecule has 2 rings (SSSR count). The maximum atomic E-state index is 9.80. The highest BCUT2D eigenvalue weighted by Gasteiger charge is 2.23. The number of nitrogens with two attached hydrogens (primary N) is 1. The molecule has 0 amide bonds. The number of halogens is 1. The second kappa shape index (κ2) is 5.91. The Hall–Kier alpha value is -0.780. The molecule has 1 aliphatic carbocycles. The highest BCUT2D eigenvalue weighted by molar-refractivity contribution is 9.10. The molecule has 1 aliphatic rings. The Morgan fingerprint density at radius 1 is 1.44 bits per heavy atom. The largest absolute Gasteiger partial charge is 0.493 e. The molecule has 0 spiro atoms. The van der Waals surface area contributed by atoms with E-state index in [0.717, 1.165) is 11.1 Å². The van der Waals surface area contributed by atoms with Gasteiger partial charge in [0.1, 0.15) is 0 Å². The number of hydrogen-bond donors (Lipinski definition) is 2. The number of aliphatic hydroxyl groups is 1. The highest BCUT2D eigenvalue weighted by Crippen LogP contribution is 2.37. The summed E-state index contributed by atoms with van der Waals surface area (Å²) in [7, 11) is 1.59. The lowest BCUT2D eigenvalue weighted by Crippen LogP contribution is -2.12. The molecule has 18 heavy (non-hydrogen) atoms. The number of ether oxygens (including phenoxy) is 2. The molecule has 1 aromatic carbocycles. The van der Waals surface area contributed by atoms with Crippen LogP contribution in [0.1, 0.15) is 24.5 Å². The third-order valence-corrected chi connectivity index (χ3v) is 3.72. The van der Waals surface area contributed by atoms with Crippen molar-refractivity contribution in [2.24, 2.45) is 11.7 Å². The quantitative estimate of drug-likeness (QED) is 0.845. The molecule has 1 atom stereocenters. The zero-order chi connectivity index (χ0) is 13.1. The normalized spacial score (nSPS) is 16.4. The molecule has 0 heterocycles. The summed E-state index contributed by atoms with van der Waals surface area (Å²) in [6.07, 6.45) is 1.78. The van der Waals surface area contributed by atoms with Crippen molar-refractivity contribution in [3.8, 4) is 11.5 Å². The van der Waals surface area contributed by atoms with E-state index >= 15 is 0 Å². The van der Waals surface area contributed by atoms with Crippen molar-refractivity contribution >= 4 is 15.9 Å². The van der Waals surface area contributed by atoms with Crippen LogP contribution in [0.15, 0.2) is 16.6 Å². The van der Waals surface area contributed by atoms with Crippen molar-refractivity contribution in [3.63, 3.8) is 0 Å². The SMILES string of the molecule is COc1cc(C(O)CN)c(Br)cc1OCC1CC1. The molecule has 100 valence electrons. The predicted molar refractivity (Wildman–Crippen MR) is 72.9 cm³/mol. The van der Waals surface area contributed by atoms with Crippen molar-refractivity contribution < 1.29 is 14.6 Å². The monoisotopic (exact) mass is 315 g/mol. The summed E-state index contributed by atoms with van der Waals surface area (Å²) in [5, 5.41) is 9.80. The molecule has 0 saturated heterocycles. The van der Waals surface area contributed by atoms with Crippen LogP contribution in [0, 0.1) is 5.92 Å². The van der Waals surface area contributed by atoms with E-state index in [-0.39, 0.29) is 6.54 Å². The molecule has 1 aromatic rings. The molecule has 0 aromatic heterocycles. The van der Waals surface area contributed by atoms with Gasteiger partial charge in [0.15, 0.2) is 11.5 Å². The van der Waals surface area contributed by atoms with Crippen LogP contribution in [0.2, 0.25) is 0 Å². The summed E-state index contributed by atoms with van der Waals surface area (Å²) in [5.74, 6) is 2.01. The standard InChI is InChI=1S/C13H18BrNO3/c1-17-12-4-9(11(16)6-15)10(14)5-13(12)18-7-8-2-3-8/h4-5,8,11,16H,2-3,6-7,15H2,1H3. The lowest BCUT2D eigenvalue weighted by atomic mass is 10.1. The molecule has 3 N–H and O–H groups in total. The Kier molecular flexibility index (Phi) is 4.48. The zero-order valence-electron chi connectivity index (χ0n) is 10.4. The molecular formula is C13H18BrNO3. The molecule has 1 saturated carbocycles. The van der Waals surface area contributed by atoms with Crippen molar-refractivity contribution in [1.82, 2.24) is 0 Å². The van der Waals surface area contributed by atoms with Crippen LogP contribution in [-0.4, -0.2) is 25.4 Å². The fraction of sp³-hybridized carbons (Fsp3) is 0.538. The van der Waals surface area contributed by atoms with Crippen LogP contribution < -0.4 is 15.2 Å². The Balaban J connectivity index is 2.20. The summed E-state index contributed by atoms with van der Waals surface area (Å²) < 4.78 is 11.8. The Labute approximate surface area is 115 Å². The maximum Gasteiger partial charge on any atom is 0.162 e. The van der Waals surface area contributed by atoms with E-state index < -0.39 is 6.10 Å². The molecule has 5 heteroatoms. The lowest BCUT2D eigenvalue weighted by Gasteiger charge is -2.16. The average Bonchev–Trinajstić information content (AvgIpc) is 3.19. The Morgan fingerprint density at radius 2 is 2.17 bits per heavy atom. The molecule has 0 aliphatic heterocycles. The lowest BCUT2D eigenvalue weighted by molar-refractivity contribution is 0.185. The molecule has 0 radical (unpaired) electrons. The second-order valence-electron chi connectivity index (χ2n) is 4.53. The molecule has 1 fully saturated rings. The minimum Gasteiger partial charge on any atom is -0.493 e. The summed E-state index contributed by atoms with van der Waals surface area (Å²) in [6, 6.07) is 3.60. The fourth-order valence-electron chi connectivity index (χ4n) is 1.70. The third kappa shape index (κ3) is 3.16. The van der Waals surface area contributed by atoms with Gasteiger partial charge in [-0.2, -0.15) is 0 Å². The Morgan fingerprint density at radius 3 is 2.72 bits per heavy atom. The van der Waals surface area contributed by atoms with E-state index in [1.165, 1.54) is 12.8 Å².